The van der Waals surface area contributed by atoms with Gasteiger partial charge >= 0.3 is 5.97 Å². The highest BCUT2D eigenvalue weighted by atomic mass is 79.9. The van der Waals surface area contributed by atoms with Gasteiger partial charge in [-0.25, -0.2) is 0 Å². The maximum atomic E-state index is 12.2. The van der Waals surface area contributed by atoms with Crippen molar-refractivity contribution < 1.29 is 19.4 Å². The van der Waals surface area contributed by atoms with Crippen molar-refractivity contribution in [2.75, 3.05) is 12.4 Å². The number of nitrogens with one attached hydrogen (secondary N) is 1. The summed E-state index contributed by atoms with van der Waals surface area (Å²) in [5.74, 6) is -0.938. The van der Waals surface area contributed by atoms with E-state index in [9.17, 15) is 14.7 Å². The topological polar surface area (TPSA) is 75.6 Å². The number of ether oxygens (including phenoxy) is 1. The van der Waals surface area contributed by atoms with E-state index in [0.29, 0.717) is 28.8 Å². The number of benzene rings is 1. The van der Waals surface area contributed by atoms with E-state index in [1.165, 1.54) is 7.11 Å². The lowest BCUT2D eigenvalue weighted by Crippen LogP contribution is -2.48. The number of amides is 1. The van der Waals surface area contributed by atoms with Crippen molar-refractivity contribution in [3.63, 3.8) is 0 Å². The standard InChI is InChI=1S/C13H14BrNO4/c1-19-8-3-4-9(14)10(7-8)15-11(16)13(12(17)18)5-2-6-13/h3-4,7H,2,5-6H2,1H3,(H,15,16)(H,17,18). The zero-order chi connectivity index (χ0) is 14.0. The van der Waals surface area contributed by atoms with Crippen LogP contribution in [0.4, 0.5) is 5.69 Å². The van der Waals surface area contributed by atoms with E-state index in [1.807, 2.05) is 0 Å². The van der Waals surface area contributed by atoms with Gasteiger partial charge in [-0.2, -0.15) is 0 Å². The Labute approximate surface area is 119 Å². The molecule has 2 N–H and O–H groups in total. The van der Waals surface area contributed by atoms with Crippen LogP contribution >= 0.6 is 15.9 Å². The van der Waals surface area contributed by atoms with Gasteiger partial charge in [-0.3, -0.25) is 9.59 Å². The Morgan fingerprint density at radius 3 is 2.58 bits per heavy atom. The molecule has 0 aromatic heterocycles. The molecule has 0 unspecified atom stereocenters. The monoisotopic (exact) mass is 327 g/mol. The number of carbonyl (C=O) groups excluding carboxylic acids is 1. The van der Waals surface area contributed by atoms with Crippen molar-refractivity contribution in [1.29, 1.82) is 0 Å². The van der Waals surface area contributed by atoms with Gasteiger partial charge in [0.2, 0.25) is 5.91 Å². The second-order valence-electron chi connectivity index (χ2n) is 4.54. The van der Waals surface area contributed by atoms with E-state index in [-0.39, 0.29) is 0 Å². The Bertz CT molecular complexity index is 525. The summed E-state index contributed by atoms with van der Waals surface area (Å²) in [7, 11) is 1.53. The van der Waals surface area contributed by atoms with Crippen molar-refractivity contribution in [3.05, 3.63) is 22.7 Å². The predicted octanol–water partition coefficient (Wildman–Crippen LogP) is 2.65. The quantitative estimate of drug-likeness (QED) is 0.833. The lowest BCUT2D eigenvalue weighted by Gasteiger charge is -2.35. The highest BCUT2D eigenvalue weighted by Crippen LogP contribution is 2.42. The summed E-state index contributed by atoms with van der Waals surface area (Å²) in [5.41, 5.74) is -0.764. The van der Waals surface area contributed by atoms with E-state index in [1.54, 1.807) is 18.2 Å². The van der Waals surface area contributed by atoms with Crippen LogP contribution in [-0.2, 0) is 9.59 Å². The lowest BCUT2D eigenvalue weighted by atomic mass is 9.68. The first kappa shape index (κ1) is 13.9. The predicted molar refractivity (Wildman–Crippen MR) is 73.2 cm³/mol. The molecule has 0 atom stereocenters. The molecule has 2 rings (SSSR count). The number of carboxylic acid groups (broad SMARTS) is 1. The molecule has 0 heterocycles. The smallest absolute Gasteiger partial charge is 0.319 e. The molecule has 1 aromatic rings. The second kappa shape index (κ2) is 5.21. The summed E-state index contributed by atoms with van der Waals surface area (Å²) in [6.07, 6.45) is 1.53. The van der Waals surface area contributed by atoms with Gasteiger partial charge < -0.3 is 15.2 Å². The third kappa shape index (κ3) is 2.45. The molecule has 1 aliphatic carbocycles. The van der Waals surface area contributed by atoms with Gasteiger partial charge in [0.1, 0.15) is 11.2 Å². The molecular formula is C13H14BrNO4. The summed E-state index contributed by atoms with van der Waals surface area (Å²) >= 11 is 3.31. The van der Waals surface area contributed by atoms with E-state index < -0.39 is 17.3 Å². The Morgan fingerprint density at radius 2 is 2.11 bits per heavy atom. The molecule has 6 heteroatoms. The van der Waals surface area contributed by atoms with Crippen molar-refractivity contribution >= 4 is 33.5 Å². The van der Waals surface area contributed by atoms with E-state index >= 15 is 0 Å². The number of anilines is 1. The van der Waals surface area contributed by atoms with Crippen molar-refractivity contribution in [2.45, 2.75) is 19.3 Å². The first-order valence-electron chi connectivity index (χ1n) is 5.88. The maximum Gasteiger partial charge on any atom is 0.319 e. The Balaban J connectivity index is 2.21. The first-order valence-corrected chi connectivity index (χ1v) is 6.67. The van der Waals surface area contributed by atoms with Gasteiger partial charge in [0.15, 0.2) is 0 Å². The van der Waals surface area contributed by atoms with E-state index in [4.69, 9.17) is 4.74 Å². The van der Waals surface area contributed by atoms with E-state index in [2.05, 4.69) is 21.2 Å². The van der Waals surface area contributed by atoms with Crippen LogP contribution in [-0.4, -0.2) is 24.1 Å². The fraction of sp³-hybridized carbons (Fsp3) is 0.385. The highest BCUT2D eigenvalue weighted by molar-refractivity contribution is 9.10. The molecule has 0 saturated heterocycles. The van der Waals surface area contributed by atoms with Crippen molar-refractivity contribution in [3.8, 4) is 5.75 Å². The number of hydrogen-bond acceptors (Lipinski definition) is 3. The summed E-state index contributed by atoms with van der Waals surface area (Å²) in [6.45, 7) is 0. The largest absolute Gasteiger partial charge is 0.497 e. The van der Waals surface area contributed by atoms with Gasteiger partial charge in [0.25, 0.3) is 0 Å². The number of carboxylic acids is 1. The molecular weight excluding hydrogens is 314 g/mol. The number of methoxy groups -OCH3 is 1. The fourth-order valence-corrected chi connectivity index (χ4v) is 2.38. The van der Waals surface area contributed by atoms with Crippen LogP contribution in [0.1, 0.15) is 19.3 Å². The number of rotatable bonds is 4. The first-order chi connectivity index (χ1) is 8.99. The number of halogens is 1. The van der Waals surface area contributed by atoms with Gasteiger partial charge in [0.05, 0.1) is 12.8 Å². The molecule has 0 spiro atoms. The van der Waals surface area contributed by atoms with Crippen LogP contribution in [0.15, 0.2) is 22.7 Å². The van der Waals surface area contributed by atoms with Gasteiger partial charge in [0, 0.05) is 10.5 Å². The Kier molecular flexibility index (Phi) is 3.80. The summed E-state index contributed by atoms with van der Waals surface area (Å²) in [4.78, 5) is 23.4. The van der Waals surface area contributed by atoms with E-state index in [0.717, 1.165) is 6.42 Å². The molecule has 19 heavy (non-hydrogen) atoms. The normalized spacial score (nSPS) is 16.3. The SMILES string of the molecule is COc1ccc(Br)c(NC(=O)C2(C(=O)O)CCC2)c1. The van der Waals surface area contributed by atoms with Crippen LogP contribution in [0.5, 0.6) is 5.75 Å². The molecule has 102 valence electrons. The Morgan fingerprint density at radius 1 is 1.42 bits per heavy atom. The van der Waals surface area contributed by atoms with Gasteiger partial charge in [-0.05, 0) is 40.9 Å². The highest BCUT2D eigenvalue weighted by Gasteiger charge is 2.51. The van der Waals surface area contributed by atoms with Gasteiger partial charge in [-0.1, -0.05) is 6.42 Å². The summed E-state index contributed by atoms with van der Waals surface area (Å²) in [5, 5.41) is 11.9. The van der Waals surface area contributed by atoms with Crippen LogP contribution in [0.3, 0.4) is 0 Å². The average Bonchev–Trinajstić information content (AvgIpc) is 2.30. The third-order valence-corrected chi connectivity index (χ3v) is 4.16. The number of carbonyl (C=O) groups is 2. The average molecular weight is 328 g/mol. The van der Waals surface area contributed by atoms with Crippen molar-refractivity contribution in [1.82, 2.24) is 0 Å². The number of aliphatic carboxylic acids is 1. The minimum atomic E-state index is -1.28. The lowest BCUT2D eigenvalue weighted by molar-refractivity contribution is -0.159. The zero-order valence-corrected chi connectivity index (χ0v) is 12.0. The molecule has 1 amide bonds. The second-order valence-corrected chi connectivity index (χ2v) is 5.40. The van der Waals surface area contributed by atoms with Crippen LogP contribution < -0.4 is 10.1 Å². The van der Waals surface area contributed by atoms with Crippen LogP contribution in [0.2, 0.25) is 0 Å². The van der Waals surface area contributed by atoms with Crippen LogP contribution in [0.25, 0.3) is 0 Å². The van der Waals surface area contributed by atoms with Crippen molar-refractivity contribution in [2.24, 2.45) is 5.41 Å². The zero-order valence-electron chi connectivity index (χ0n) is 10.4. The fourth-order valence-electron chi connectivity index (χ4n) is 2.04. The molecule has 1 aromatic carbocycles. The molecule has 1 fully saturated rings. The maximum absolute atomic E-state index is 12.2. The minimum Gasteiger partial charge on any atom is -0.497 e. The molecule has 0 bridgehead atoms. The number of hydrogen-bond donors (Lipinski definition) is 2. The molecule has 5 nitrogen and oxygen atoms in total. The molecule has 0 radical (unpaired) electrons. The molecule has 1 saturated carbocycles. The van der Waals surface area contributed by atoms with Gasteiger partial charge in [-0.15, -0.1) is 0 Å². The van der Waals surface area contributed by atoms with Crippen LogP contribution in [0, 0.1) is 5.41 Å². The minimum absolute atomic E-state index is 0.385. The third-order valence-electron chi connectivity index (χ3n) is 3.47. The molecule has 1 aliphatic rings. The Hall–Kier alpha value is -1.56. The molecule has 0 aliphatic heterocycles. The summed E-state index contributed by atoms with van der Waals surface area (Å²) in [6, 6.07) is 5.13. The summed E-state index contributed by atoms with van der Waals surface area (Å²) < 4.78 is 5.76.